The molecule has 0 radical (unpaired) electrons. The van der Waals surface area contributed by atoms with Gasteiger partial charge in [0.2, 0.25) is 0 Å². The summed E-state index contributed by atoms with van der Waals surface area (Å²) >= 11 is 12.6. The van der Waals surface area contributed by atoms with Gasteiger partial charge in [0, 0.05) is 20.9 Å². The molecule has 0 unspecified atom stereocenters. The topological polar surface area (TPSA) is 44.2 Å². The van der Waals surface area contributed by atoms with Crippen molar-refractivity contribution in [1.82, 2.24) is 9.97 Å². The van der Waals surface area contributed by atoms with Gasteiger partial charge in [0.15, 0.2) is 0 Å². The zero-order valence-electron chi connectivity index (χ0n) is 35.2. The Kier molecular flexibility index (Phi) is 19.8. The minimum absolute atomic E-state index is 0.747. The van der Waals surface area contributed by atoms with Crippen molar-refractivity contribution in [3.63, 3.8) is 0 Å². The molecule has 4 nitrogen and oxygen atoms in total. The van der Waals surface area contributed by atoms with Gasteiger partial charge >= 0.3 is 0 Å². The molecule has 0 aliphatic rings. The summed E-state index contributed by atoms with van der Waals surface area (Å²) in [6.07, 6.45) is 26.4. The summed E-state index contributed by atoms with van der Waals surface area (Å²) < 4.78 is 14.7. The second-order valence-corrected chi connectivity index (χ2v) is 21.6. The molecule has 4 heterocycles. The van der Waals surface area contributed by atoms with E-state index in [4.69, 9.17) is 19.4 Å². The molecule has 59 heavy (non-hydrogen) atoms. The summed E-state index contributed by atoms with van der Waals surface area (Å²) in [5.74, 6) is 1.80. The smallest absolute Gasteiger partial charge is 0.119 e. The predicted octanol–water partition coefficient (Wildman–Crippen LogP) is 18.6. The van der Waals surface area contributed by atoms with Gasteiger partial charge in [0.1, 0.15) is 22.5 Å². The highest BCUT2D eigenvalue weighted by Crippen LogP contribution is 2.49. The minimum Gasteiger partial charge on any atom is -0.494 e. The van der Waals surface area contributed by atoms with Gasteiger partial charge in [-0.15, -0.1) is 34.0 Å². The molecule has 6 aromatic rings. The van der Waals surface area contributed by atoms with E-state index in [0.717, 1.165) is 88.4 Å². The van der Waals surface area contributed by atoms with Crippen molar-refractivity contribution in [3.05, 3.63) is 80.4 Å². The molecule has 9 heteroatoms. The molecule has 0 fully saturated rings. The van der Waals surface area contributed by atoms with Crippen LogP contribution in [-0.2, 0) is 0 Å². The number of aromatic nitrogens is 2. The number of unbranched alkanes of at least 4 members (excludes halogenated alkanes) is 18. The molecule has 0 aliphatic heterocycles. The van der Waals surface area contributed by atoms with Gasteiger partial charge in [0.25, 0.3) is 0 Å². The Morgan fingerprint density at radius 2 is 0.746 bits per heavy atom. The molecule has 0 amide bonds. The highest BCUT2D eigenvalue weighted by Gasteiger charge is 2.23. The van der Waals surface area contributed by atoms with Crippen molar-refractivity contribution in [3.8, 4) is 53.5 Å². The SMILES string of the molecule is CCCCCCCCCCCCOc1ccc(-c2nc3c(-c4ccc(Br)s4)sc(-c4ccc(Br)s4)c3nc2-c2ccc(OCCCCCCCCCCCC)cc2)cc1. The molecule has 0 bridgehead atoms. The third kappa shape index (κ3) is 14.2. The van der Waals surface area contributed by atoms with E-state index in [1.807, 2.05) is 0 Å². The Morgan fingerprint density at radius 1 is 0.407 bits per heavy atom. The van der Waals surface area contributed by atoms with Gasteiger partial charge in [0.05, 0.1) is 41.9 Å². The maximum atomic E-state index is 6.23. The summed E-state index contributed by atoms with van der Waals surface area (Å²) in [6, 6.07) is 25.5. The minimum atomic E-state index is 0.747. The molecule has 0 N–H and O–H groups in total. The Bertz CT molecular complexity index is 1960. The Morgan fingerprint density at radius 3 is 1.07 bits per heavy atom. The van der Waals surface area contributed by atoms with Gasteiger partial charge in [-0.3, -0.25) is 0 Å². The average molecular weight is 979 g/mol. The largest absolute Gasteiger partial charge is 0.494 e. The van der Waals surface area contributed by atoms with E-state index in [0.29, 0.717) is 0 Å². The zero-order chi connectivity index (χ0) is 41.1. The van der Waals surface area contributed by atoms with Crippen LogP contribution in [0.15, 0.2) is 80.4 Å². The van der Waals surface area contributed by atoms with Crippen molar-refractivity contribution in [2.45, 2.75) is 142 Å². The van der Waals surface area contributed by atoms with Crippen LogP contribution in [0.3, 0.4) is 0 Å². The van der Waals surface area contributed by atoms with Crippen molar-refractivity contribution >= 4 is 76.9 Å². The maximum absolute atomic E-state index is 6.23. The summed E-state index contributed by atoms with van der Waals surface area (Å²) in [4.78, 5) is 15.7. The summed E-state index contributed by atoms with van der Waals surface area (Å²) in [6.45, 7) is 6.06. The summed E-state index contributed by atoms with van der Waals surface area (Å²) in [5, 5.41) is 0. The van der Waals surface area contributed by atoms with Crippen LogP contribution in [0.1, 0.15) is 142 Å². The first-order valence-corrected chi connectivity index (χ1v) is 26.4. The number of benzene rings is 2. The molecule has 2 aromatic carbocycles. The quantitative estimate of drug-likeness (QED) is 0.0460. The van der Waals surface area contributed by atoms with Crippen LogP contribution in [0, 0.1) is 0 Å². The van der Waals surface area contributed by atoms with E-state index in [1.54, 1.807) is 34.0 Å². The molecule has 0 spiro atoms. The molecule has 0 atom stereocenters. The maximum Gasteiger partial charge on any atom is 0.119 e. The number of hydrogen-bond donors (Lipinski definition) is 0. The van der Waals surface area contributed by atoms with Crippen molar-refractivity contribution in [2.24, 2.45) is 0 Å². The molecular weight excluding hydrogens is 917 g/mol. The van der Waals surface area contributed by atoms with Crippen LogP contribution < -0.4 is 9.47 Å². The number of rotatable bonds is 28. The van der Waals surface area contributed by atoms with Gasteiger partial charge in [-0.05, 0) is 117 Å². The lowest BCUT2D eigenvalue weighted by atomic mass is 10.0. The Labute approximate surface area is 382 Å². The Balaban J connectivity index is 1.16. The van der Waals surface area contributed by atoms with E-state index < -0.39 is 0 Å². The molecule has 6 rings (SSSR count). The first-order valence-electron chi connectivity index (χ1n) is 22.4. The molecule has 316 valence electrons. The molecule has 0 saturated carbocycles. The fraction of sp³-hybridized carbons (Fsp3) is 0.480. The fourth-order valence-corrected chi connectivity index (χ4v) is 11.7. The third-order valence-electron chi connectivity index (χ3n) is 10.9. The lowest BCUT2D eigenvalue weighted by Crippen LogP contribution is -1.99. The van der Waals surface area contributed by atoms with Crippen LogP contribution in [0.25, 0.3) is 53.1 Å². The predicted molar refractivity (Wildman–Crippen MR) is 265 cm³/mol. The number of fused-ring (bicyclic) bond motifs is 1. The lowest BCUT2D eigenvalue weighted by Gasteiger charge is -2.12. The first-order chi connectivity index (χ1) is 29.0. The summed E-state index contributed by atoms with van der Waals surface area (Å²) in [5.41, 5.74) is 5.64. The fourth-order valence-electron chi connectivity index (χ4n) is 7.54. The van der Waals surface area contributed by atoms with Gasteiger partial charge in [-0.1, -0.05) is 129 Å². The Hall–Kier alpha value is -2.56. The number of hydrogen-bond acceptors (Lipinski definition) is 7. The standard InChI is InChI=1S/C50H62Br2N2O2S3/c1-3-5-7-9-11-13-15-17-19-21-35-55-39-27-23-37(24-28-39)45-46(38-25-29-40(30-26-38)56-36-22-20-18-16-14-12-10-8-6-4-2)54-48-47(53-45)49(41-31-33-43(51)57-41)59-50(48)42-32-34-44(52)58-42/h23-34H,3-22,35-36H2,1-2H3. The highest BCUT2D eigenvalue weighted by atomic mass is 79.9. The van der Waals surface area contributed by atoms with Gasteiger partial charge < -0.3 is 9.47 Å². The zero-order valence-corrected chi connectivity index (χ0v) is 40.8. The second kappa shape index (κ2) is 25.4. The highest BCUT2D eigenvalue weighted by molar-refractivity contribution is 9.11. The van der Waals surface area contributed by atoms with Crippen molar-refractivity contribution in [1.29, 1.82) is 0 Å². The molecule has 0 saturated heterocycles. The van der Waals surface area contributed by atoms with Gasteiger partial charge in [-0.2, -0.15) is 0 Å². The first kappa shape index (κ1) is 46.0. The molecular formula is C50H62Br2N2O2S3. The monoisotopic (exact) mass is 976 g/mol. The third-order valence-corrected chi connectivity index (χ3v) is 15.7. The van der Waals surface area contributed by atoms with E-state index in [9.17, 15) is 0 Å². The van der Waals surface area contributed by atoms with Crippen LogP contribution in [0.2, 0.25) is 0 Å². The normalized spacial score (nSPS) is 11.5. The van der Waals surface area contributed by atoms with Crippen LogP contribution in [0.5, 0.6) is 11.5 Å². The number of nitrogens with zero attached hydrogens (tertiary/aromatic N) is 2. The second-order valence-electron chi connectivity index (χ2n) is 15.7. The average Bonchev–Trinajstić information content (AvgIpc) is 3.99. The molecule has 4 aromatic heterocycles. The number of thiophene rings is 3. The van der Waals surface area contributed by atoms with Crippen LogP contribution >= 0.6 is 65.9 Å². The van der Waals surface area contributed by atoms with E-state index in [1.165, 1.54) is 125 Å². The van der Waals surface area contributed by atoms with Gasteiger partial charge in [-0.25, -0.2) is 9.97 Å². The van der Waals surface area contributed by atoms with Crippen molar-refractivity contribution in [2.75, 3.05) is 13.2 Å². The van der Waals surface area contributed by atoms with E-state index >= 15 is 0 Å². The van der Waals surface area contributed by atoms with Crippen molar-refractivity contribution < 1.29 is 9.47 Å². The van der Waals surface area contributed by atoms with E-state index in [-0.39, 0.29) is 0 Å². The van der Waals surface area contributed by atoms with Crippen LogP contribution in [-0.4, -0.2) is 23.2 Å². The number of ether oxygens (including phenoxy) is 2. The van der Waals surface area contributed by atoms with Crippen LogP contribution in [0.4, 0.5) is 0 Å². The molecule has 0 aliphatic carbocycles. The summed E-state index contributed by atoms with van der Waals surface area (Å²) in [7, 11) is 0. The lowest BCUT2D eigenvalue weighted by molar-refractivity contribution is 0.304. The number of halogens is 2. The van der Waals surface area contributed by atoms with E-state index in [2.05, 4.69) is 119 Å².